The van der Waals surface area contributed by atoms with Gasteiger partial charge in [0, 0.05) is 12.1 Å². The first-order valence-corrected chi connectivity index (χ1v) is 5.41. The van der Waals surface area contributed by atoms with Crippen LogP contribution in [0.25, 0.3) is 0 Å². The van der Waals surface area contributed by atoms with E-state index in [0.717, 1.165) is 12.1 Å². The number of hydrogen-bond acceptors (Lipinski definition) is 2. The van der Waals surface area contributed by atoms with E-state index in [1.54, 1.807) is 6.08 Å². The second kappa shape index (κ2) is 4.49. The van der Waals surface area contributed by atoms with Crippen molar-refractivity contribution in [3.05, 3.63) is 47.0 Å². The molecule has 2 rings (SSSR count). The molecule has 1 aliphatic heterocycles. The zero-order chi connectivity index (χ0) is 11.5. The molecule has 3 nitrogen and oxygen atoms in total. The Morgan fingerprint density at radius 2 is 2.31 bits per heavy atom. The predicted molar refractivity (Wildman–Crippen MR) is 62.3 cm³/mol. The maximum absolute atomic E-state index is 10.9. The second-order valence-electron chi connectivity index (χ2n) is 4.09. The fourth-order valence-electron chi connectivity index (χ4n) is 1.96. The summed E-state index contributed by atoms with van der Waals surface area (Å²) in [6.45, 7) is 2.75. The summed E-state index contributed by atoms with van der Waals surface area (Å²) in [4.78, 5) is 10.9. The minimum atomic E-state index is -0.806. The van der Waals surface area contributed by atoms with Gasteiger partial charge >= 0.3 is 5.97 Å². The molecule has 1 aliphatic rings. The first-order valence-electron chi connectivity index (χ1n) is 5.41. The van der Waals surface area contributed by atoms with Gasteiger partial charge in [0.2, 0.25) is 0 Å². The molecule has 0 amide bonds. The van der Waals surface area contributed by atoms with Gasteiger partial charge in [-0.25, -0.2) is 4.79 Å². The summed E-state index contributed by atoms with van der Waals surface area (Å²) in [5.41, 5.74) is 2.82. The molecular formula is C13H15NO2. The highest BCUT2D eigenvalue weighted by atomic mass is 16.4. The van der Waals surface area contributed by atoms with Gasteiger partial charge < -0.3 is 10.4 Å². The number of carboxylic acid groups (broad SMARTS) is 1. The lowest BCUT2D eigenvalue weighted by Crippen LogP contribution is -2.27. The molecule has 0 saturated heterocycles. The summed E-state index contributed by atoms with van der Waals surface area (Å²) in [6.07, 6.45) is 2.40. The highest BCUT2D eigenvalue weighted by Gasteiger charge is 2.18. The van der Waals surface area contributed by atoms with Crippen molar-refractivity contribution in [3.8, 4) is 0 Å². The molecule has 84 valence electrons. The molecule has 1 aromatic rings. The first-order chi connectivity index (χ1) is 7.66. The van der Waals surface area contributed by atoms with Gasteiger partial charge in [0.25, 0.3) is 0 Å². The Balaban J connectivity index is 2.28. The average molecular weight is 217 g/mol. The molecule has 0 saturated carbocycles. The van der Waals surface area contributed by atoms with Crippen LogP contribution in [-0.4, -0.2) is 17.6 Å². The van der Waals surface area contributed by atoms with Gasteiger partial charge in [0.05, 0.1) is 6.04 Å². The minimum absolute atomic E-state index is 0.0275. The van der Waals surface area contributed by atoms with Crippen molar-refractivity contribution in [2.24, 2.45) is 0 Å². The number of carboxylic acids is 1. The van der Waals surface area contributed by atoms with Crippen molar-refractivity contribution in [3.63, 3.8) is 0 Å². The van der Waals surface area contributed by atoms with E-state index < -0.39 is 5.97 Å². The highest BCUT2D eigenvalue weighted by molar-refractivity contribution is 5.86. The van der Waals surface area contributed by atoms with Crippen molar-refractivity contribution >= 4 is 5.97 Å². The number of aryl methyl sites for hydroxylation is 1. The lowest BCUT2D eigenvalue weighted by atomic mass is 9.97. The van der Waals surface area contributed by atoms with E-state index in [1.807, 2.05) is 25.1 Å². The zero-order valence-electron chi connectivity index (χ0n) is 9.23. The highest BCUT2D eigenvalue weighted by Crippen LogP contribution is 2.21. The Labute approximate surface area is 94.8 Å². The van der Waals surface area contributed by atoms with E-state index in [2.05, 4.69) is 11.4 Å². The quantitative estimate of drug-likeness (QED) is 0.797. The van der Waals surface area contributed by atoms with Crippen molar-refractivity contribution in [1.82, 2.24) is 5.32 Å². The van der Waals surface area contributed by atoms with Crippen LogP contribution in [0.4, 0.5) is 0 Å². The molecule has 1 aromatic carbocycles. The fourth-order valence-corrected chi connectivity index (χ4v) is 1.96. The Morgan fingerprint density at radius 1 is 1.50 bits per heavy atom. The SMILES string of the molecule is Cc1cccc(C2C=C(C(=O)O)CCN2)c1. The van der Waals surface area contributed by atoms with Gasteiger partial charge in [-0.3, -0.25) is 0 Å². The topological polar surface area (TPSA) is 49.3 Å². The van der Waals surface area contributed by atoms with Crippen molar-refractivity contribution in [1.29, 1.82) is 0 Å². The number of hydrogen-bond donors (Lipinski definition) is 2. The van der Waals surface area contributed by atoms with Crippen LogP contribution in [0.1, 0.15) is 23.6 Å². The summed E-state index contributed by atoms with van der Waals surface area (Å²) in [7, 11) is 0. The van der Waals surface area contributed by atoms with E-state index in [0.29, 0.717) is 12.0 Å². The molecule has 1 unspecified atom stereocenters. The van der Waals surface area contributed by atoms with Crippen molar-refractivity contribution < 1.29 is 9.90 Å². The summed E-state index contributed by atoms with van der Waals surface area (Å²) in [5, 5.41) is 12.3. The first kappa shape index (κ1) is 10.9. The Bertz CT molecular complexity index is 437. The summed E-state index contributed by atoms with van der Waals surface area (Å²) in [5.74, 6) is -0.806. The van der Waals surface area contributed by atoms with E-state index in [1.165, 1.54) is 5.56 Å². The molecule has 0 bridgehead atoms. The molecular weight excluding hydrogens is 202 g/mol. The van der Waals surface area contributed by atoms with Crippen LogP contribution in [-0.2, 0) is 4.79 Å². The van der Waals surface area contributed by atoms with E-state index in [-0.39, 0.29) is 6.04 Å². The molecule has 1 atom stereocenters. The van der Waals surface area contributed by atoms with Crippen molar-refractivity contribution in [2.75, 3.05) is 6.54 Å². The molecule has 16 heavy (non-hydrogen) atoms. The fraction of sp³-hybridized carbons (Fsp3) is 0.308. The lowest BCUT2D eigenvalue weighted by molar-refractivity contribution is -0.132. The lowest BCUT2D eigenvalue weighted by Gasteiger charge is -2.21. The molecule has 0 spiro atoms. The molecule has 2 N–H and O–H groups in total. The van der Waals surface area contributed by atoms with E-state index in [9.17, 15) is 4.79 Å². The molecule has 0 aliphatic carbocycles. The second-order valence-corrected chi connectivity index (χ2v) is 4.09. The Kier molecular flexibility index (Phi) is 3.06. The average Bonchev–Trinajstić information content (AvgIpc) is 2.29. The normalized spacial score (nSPS) is 20.3. The monoisotopic (exact) mass is 217 g/mol. The zero-order valence-corrected chi connectivity index (χ0v) is 9.23. The van der Waals surface area contributed by atoms with Crippen LogP contribution in [0.5, 0.6) is 0 Å². The molecule has 1 heterocycles. The Hall–Kier alpha value is -1.61. The number of aliphatic carboxylic acids is 1. The number of rotatable bonds is 2. The third kappa shape index (κ3) is 2.31. The minimum Gasteiger partial charge on any atom is -0.478 e. The standard InChI is InChI=1S/C13H15NO2/c1-9-3-2-4-10(7-9)12-8-11(13(15)16)5-6-14-12/h2-4,7-8,12,14H,5-6H2,1H3,(H,15,16). The van der Waals surface area contributed by atoms with Gasteiger partial charge in [0.1, 0.15) is 0 Å². The maximum atomic E-state index is 10.9. The van der Waals surface area contributed by atoms with Crippen LogP contribution in [0, 0.1) is 6.92 Å². The number of carbonyl (C=O) groups is 1. The van der Waals surface area contributed by atoms with Crippen LogP contribution in [0.2, 0.25) is 0 Å². The van der Waals surface area contributed by atoms with Crippen molar-refractivity contribution in [2.45, 2.75) is 19.4 Å². The molecule has 0 radical (unpaired) electrons. The number of benzene rings is 1. The smallest absolute Gasteiger partial charge is 0.331 e. The molecule has 0 aromatic heterocycles. The number of nitrogens with one attached hydrogen (secondary N) is 1. The van der Waals surface area contributed by atoms with Gasteiger partial charge in [0.15, 0.2) is 0 Å². The van der Waals surface area contributed by atoms with Crippen LogP contribution >= 0.6 is 0 Å². The Morgan fingerprint density at radius 3 is 3.00 bits per heavy atom. The molecule has 3 heteroatoms. The third-order valence-corrected chi connectivity index (χ3v) is 2.80. The van der Waals surface area contributed by atoms with Crippen LogP contribution in [0.15, 0.2) is 35.9 Å². The van der Waals surface area contributed by atoms with Gasteiger partial charge in [-0.05, 0) is 18.9 Å². The maximum Gasteiger partial charge on any atom is 0.331 e. The summed E-state index contributed by atoms with van der Waals surface area (Å²) >= 11 is 0. The van der Waals surface area contributed by atoms with Gasteiger partial charge in [-0.15, -0.1) is 0 Å². The predicted octanol–water partition coefficient (Wildman–Crippen LogP) is 2.04. The van der Waals surface area contributed by atoms with E-state index >= 15 is 0 Å². The molecule has 0 fully saturated rings. The van der Waals surface area contributed by atoms with Gasteiger partial charge in [-0.2, -0.15) is 0 Å². The third-order valence-electron chi connectivity index (χ3n) is 2.80. The van der Waals surface area contributed by atoms with Crippen LogP contribution < -0.4 is 5.32 Å². The largest absolute Gasteiger partial charge is 0.478 e. The van der Waals surface area contributed by atoms with Crippen LogP contribution in [0.3, 0.4) is 0 Å². The van der Waals surface area contributed by atoms with E-state index in [4.69, 9.17) is 5.11 Å². The summed E-state index contributed by atoms with van der Waals surface area (Å²) < 4.78 is 0. The van der Waals surface area contributed by atoms with Gasteiger partial charge in [-0.1, -0.05) is 35.9 Å². The summed E-state index contributed by atoms with van der Waals surface area (Å²) in [6, 6.07) is 8.16.